The van der Waals surface area contributed by atoms with Gasteiger partial charge in [-0.1, -0.05) is 73.6 Å². The molecule has 0 aliphatic carbocycles. The first kappa shape index (κ1) is 26.4. The van der Waals surface area contributed by atoms with Crippen molar-refractivity contribution in [2.24, 2.45) is 10.8 Å². The summed E-state index contributed by atoms with van der Waals surface area (Å²) >= 11 is 0. The summed E-state index contributed by atoms with van der Waals surface area (Å²) < 4.78 is 0. The topological polar surface area (TPSA) is 54.4 Å². The maximum atomic E-state index is 10.6. The predicted octanol–water partition coefficient (Wildman–Crippen LogP) is 7.03. The highest BCUT2D eigenvalue weighted by Gasteiger charge is 2.09. The Labute approximate surface area is 157 Å². The molecule has 0 amide bonds. The summed E-state index contributed by atoms with van der Waals surface area (Å²) in [6.07, 6.45) is 11.5. The minimum Gasteiger partial charge on any atom is -0.481 e. The molecular weight excluding hydrogens is 312 g/mol. The molecule has 0 bridgehead atoms. The van der Waals surface area contributed by atoms with E-state index in [1.54, 1.807) is 6.92 Å². The van der Waals surface area contributed by atoms with Crippen LogP contribution in [0.15, 0.2) is 0 Å². The zero-order valence-corrected chi connectivity index (χ0v) is 18.0. The van der Waals surface area contributed by atoms with Gasteiger partial charge >= 0.3 is 5.97 Å². The summed E-state index contributed by atoms with van der Waals surface area (Å²) in [7, 11) is 0. The van der Waals surface area contributed by atoms with Gasteiger partial charge in [0.05, 0.1) is 0 Å². The Hall–Kier alpha value is -0.860. The molecule has 1 N–H and O–H groups in total. The fraction of sp³-hybridized carbons (Fsp3) is 0.909. The molecule has 0 saturated carbocycles. The smallest absolute Gasteiger partial charge is 0.303 e. The van der Waals surface area contributed by atoms with Crippen LogP contribution in [0, 0.1) is 10.8 Å². The fourth-order valence-electron chi connectivity index (χ4n) is 2.49. The van der Waals surface area contributed by atoms with Gasteiger partial charge in [0.2, 0.25) is 0 Å². The van der Waals surface area contributed by atoms with E-state index in [0.717, 1.165) is 32.1 Å². The van der Waals surface area contributed by atoms with Gasteiger partial charge in [-0.2, -0.15) is 0 Å². The van der Waals surface area contributed by atoms with Gasteiger partial charge in [-0.3, -0.25) is 4.79 Å². The van der Waals surface area contributed by atoms with Crippen molar-refractivity contribution in [1.82, 2.24) is 0 Å². The Morgan fingerprint density at radius 1 is 0.640 bits per heavy atom. The van der Waals surface area contributed by atoms with Gasteiger partial charge in [0.1, 0.15) is 5.78 Å². The number of rotatable bonds is 11. The minimum atomic E-state index is -0.675. The second-order valence-electron chi connectivity index (χ2n) is 9.69. The standard InChI is InChI=1S/C12H24O.C10H20O2/c1-11(13)9-7-5-6-8-10-12(2,3)4;1-10(2,3)8-6-4-5-7-9(11)12/h5-10H2,1-4H3;4-8H2,1-3H3,(H,11,12). The minimum absolute atomic E-state index is 0.324. The summed E-state index contributed by atoms with van der Waals surface area (Å²) in [5.74, 6) is -0.346. The molecule has 150 valence electrons. The molecule has 0 aromatic heterocycles. The molecule has 0 aromatic carbocycles. The van der Waals surface area contributed by atoms with E-state index < -0.39 is 5.97 Å². The molecule has 0 aliphatic rings. The second-order valence-corrected chi connectivity index (χ2v) is 9.69. The van der Waals surface area contributed by atoms with Crippen molar-refractivity contribution < 1.29 is 14.7 Å². The average molecular weight is 357 g/mol. The van der Waals surface area contributed by atoms with Crippen molar-refractivity contribution >= 4 is 11.8 Å². The highest BCUT2D eigenvalue weighted by molar-refractivity contribution is 5.75. The number of hydrogen-bond donors (Lipinski definition) is 1. The number of hydrogen-bond acceptors (Lipinski definition) is 2. The summed E-state index contributed by atoms with van der Waals surface area (Å²) in [5.41, 5.74) is 0.865. The normalized spacial score (nSPS) is 11.6. The molecule has 3 nitrogen and oxygen atoms in total. The molecule has 0 rings (SSSR count). The van der Waals surface area contributed by atoms with Crippen LogP contribution in [0.4, 0.5) is 0 Å². The quantitative estimate of drug-likeness (QED) is 0.404. The zero-order chi connectivity index (χ0) is 19.9. The third kappa shape index (κ3) is 31.4. The molecule has 0 fully saturated rings. The van der Waals surface area contributed by atoms with Crippen molar-refractivity contribution in [2.75, 3.05) is 0 Å². The number of ketones is 1. The first-order valence-corrected chi connectivity index (χ1v) is 10.0. The number of aliphatic carboxylic acids is 1. The first-order chi connectivity index (χ1) is 11.3. The van der Waals surface area contributed by atoms with Crippen LogP contribution >= 0.6 is 0 Å². The van der Waals surface area contributed by atoms with Crippen LogP contribution in [0.5, 0.6) is 0 Å². The Kier molecular flexibility index (Phi) is 15.1. The molecule has 25 heavy (non-hydrogen) atoms. The highest BCUT2D eigenvalue weighted by Crippen LogP contribution is 2.23. The predicted molar refractivity (Wildman–Crippen MR) is 108 cm³/mol. The number of carboxylic acids is 1. The molecular formula is C22H44O3. The zero-order valence-electron chi connectivity index (χ0n) is 18.0. The molecule has 0 aliphatic heterocycles. The first-order valence-electron chi connectivity index (χ1n) is 10.0. The van der Waals surface area contributed by atoms with Crippen molar-refractivity contribution in [1.29, 1.82) is 0 Å². The summed E-state index contributed by atoms with van der Waals surface area (Å²) in [6.45, 7) is 15.2. The van der Waals surface area contributed by atoms with Gasteiger partial charge in [0.15, 0.2) is 0 Å². The maximum absolute atomic E-state index is 10.6. The number of Topliss-reactive ketones (excluding diaryl/α,β-unsaturated/α-hetero) is 1. The second kappa shape index (κ2) is 14.3. The lowest BCUT2D eigenvalue weighted by molar-refractivity contribution is -0.137. The van der Waals surface area contributed by atoms with Gasteiger partial charge in [-0.15, -0.1) is 0 Å². The Morgan fingerprint density at radius 3 is 1.36 bits per heavy atom. The Bertz CT molecular complexity index is 345. The van der Waals surface area contributed by atoms with Crippen molar-refractivity contribution in [3.8, 4) is 0 Å². The Balaban J connectivity index is 0. The van der Waals surface area contributed by atoms with E-state index >= 15 is 0 Å². The Morgan fingerprint density at radius 2 is 1.00 bits per heavy atom. The van der Waals surface area contributed by atoms with E-state index in [0.29, 0.717) is 23.0 Å². The van der Waals surface area contributed by atoms with Gasteiger partial charge in [-0.25, -0.2) is 0 Å². The average Bonchev–Trinajstić information content (AvgIpc) is 2.40. The lowest BCUT2D eigenvalue weighted by Gasteiger charge is -2.17. The molecule has 0 atom stereocenters. The third-order valence-corrected chi connectivity index (χ3v) is 4.02. The van der Waals surface area contributed by atoms with Crippen LogP contribution in [-0.2, 0) is 9.59 Å². The van der Waals surface area contributed by atoms with E-state index in [-0.39, 0.29) is 0 Å². The molecule has 3 heteroatoms. The van der Waals surface area contributed by atoms with E-state index in [2.05, 4.69) is 41.5 Å². The molecule has 0 radical (unpaired) electrons. The van der Waals surface area contributed by atoms with Crippen molar-refractivity contribution in [2.45, 2.75) is 119 Å². The van der Waals surface area contributed by atoms with E-state index in [9.17, 15) is 9.59 Å². The lowest BCUT2D eigenvalue weighted by Crippen LogP contribution is -2.04. The van der Waals surface area contributed by atoms with Gasteiger partial charge < -0.3 is 9.90 Å². The lowest BCUT2D eigenvalue weighted by atomic mass is 9.89. The van der Waals surface area contributed by atoms with Crippen molar-refractivity contribution in [3.05, 3.63) is 0 Å². The van der Waals surface area contributed by atoms with Crippen molar-refractivity contribution in [3.63, 3.8) is 0 Å². The van der Waals surface area contributed by atoms with Gasteiger partial charge in [0, 0.05) is 12.8 Å². The molecule has 0 saturated heterocycles. The van der Waals surface area contributed by atoms with Crippen LogP contribution in [0.1, 0.15) is 119 Å². The summed E-state index contributed by atoms with van der Waals surface area (Å²) in [5, 5.41) is 8.37. The summed E-state index contributed by atoms with van der Waals surface area (Å²) in [6, 6.07) is 0. The molecule has 0 spiro atoms. The van der Waals surface area contributed by atoms with E-state index in [4.69, 9.17) is 5.11 Å². The van der Waals surface area contributed by atoms with Crippen LogP contribution in [0.3, 0.4) is 0 Å². The third-order valence-electron chi connectivity index (χ3n) is 4.02. The van der Waals surface area contributed by atoms with Crippen LogP contribution < -0.4 is 0 Å². The molecule has 0 heterocycles. The fourth-order valence-corrected chi connectivity index (χ4v) is 2.49. The largest absolute Gasteiger partial charge is 0.481 e. The number of carbonyl (C=O) groups excluding carboxylic acids is 1. The van der Waals surface area contributed by atoms with E-state index in [1.165, 1.54) is 32.1 Å². The number of unbranched alkanes of at least 4 members (excludes halogenated alkanes) is 5. The van der Waals surface area contributed by atoms with Crippen LogP contribution in [-0.4, -0.2) is 16.9 Å². The van der Waals surface area contributed by atoms with Crippen LogP contribution in [0.25, 0.3) is 0 Å². The highest BCUT2D eigenvalue weighted by atomic mass is 16.4. The molecule has 0 unspecified atom stereocenters. The number of carboxylic acid groups (broad SMARTS) is 1. The SMILES string of the molecule is CC(=O)CCCCCCC(C)(C)C.CC(C)(C)CCCCCC(=O)O. The maximum Gasteiger partial charge on any atom is 0.303 e. The van der Waals surface area contributed by atoms with Gasteiger partial charge in [-0.05, 0) is 43.4 Å². The number of carbonyl (C=O) groups is 2. The van der Waals surface area contributed by atoms with Crippen LogP contribution in [0.2, 0.25) is 0 Å². The molecule has 0 aromatic rings. The summed E-state index contributed by atoms with van der Waals surface area (Å²) in [4.78, 5) is 20.8. The van der Waals surface area contributed by atoms with E-state index in [1.807, 2.05) is 0 Å². The monoisotopic (exact) mass is 356 g/mol. The van der Waals surface area contributed by atoms with Gasteiger partial charge in [0.25, 0.3) is 0 Å².